The predicted molar refractivity (Wildman–Crippen MR) is 115 cm³/mol. The number of aryl methyl sites for hydroxylation is 3. The van der Waals surface area contributed by atoms with E-state index in [1.54, 1.807) is 11.3 Å². The minimum Gasteiger partial charge on any atom is -0.335 e. The Morgan fingerprint density at radius 1 is 1.36 bits per heavy atom. The van der Waals surface area contributed by atoms with Gasteiger partial charge in [0, 0.05) is 34.4 Å². The standard InChI is InChI=1S/C20H24N4O2S.ClH/c1-11-8-15(13(3)27-11)17-9-16(18-12(2)23-26-19(18)22-17)20(25)24-7-5-6-14(24)10-21-4;/h8-9,14,21H,5-7,10H2,1-4H3;1H. The van der Waals surface area contributed by atoms with E-state index < -0.39 is 0 Å². The summed E-state index contributed by atoms with van der Waals surface area (Å²) in [5, 5.41) is 7.99. The van der Waals surface area contributed by atoms with Gasteiger partial charge in [-0.05, 0) is 52.8 Å². The fourth-order valence-electron chi connectivity index (χ4n) is 3.99. The van der Waals surface area contributed by atoms with Gasteiger partial charge in [-0.2, -0.15) is 0 Å². The number of hydrogen-bond donors (Lipinski definition) is 1. The lowest BCUT2D eigenvalue weighted by molar-refractivity contribution is 0.0739. The summed E-state index contributed by atoms with van der Waals surface area (Å²) in [6.07, 6.45) is 2.06. The number of carbonyl (C=O) groups excluding carboxylic acids is 1. The van der Waals surface area contributed by atoms with E-state index in [4.69, 9.17) is 4.52 Å². The van der Waals surface area contributed by atoms with Gasteiger partial charge in [-0.15, -0.1) is 23.7 Å². The van der Waals surface area contributed by atoms with Crippen LogP contribution in [0.2, 0.25) is 0 Å². The van der Waals surface area contributed by atoms with Crippen LogP contribution in [0.1, 0.15) is 38.6 Å². The van der Waals surface area contributed by atoms with Crippen LogP contribution in [-0.2, 0) is 0 Å². The van der Waals surface area contributed by atoms with E-state index in [1.807, 2.05) is 24.9 Å². The highest BCUT2D eigenvalue weighted by Crippen LogP contribution is 2.34. The van der Waals surface area contributed by atoms with Gasteiger partial charge in [0.15, 0.2) is 0 Å². The number of nitrogens with one attached hydrogen (secondary N) is 1. The third kappa shape index (κ3) is 3.54. The molecular formula is C20H25ClN4O2S. The van der Waals surface area contributed by atoms with Crippen molar-refractivity contribution in [3.05, 3.63) is 33.1 Å². The minimum absolute atomic E-state index is 0. The molecule has 0 aromatic carbocycles. The SMILES string of the molecule is CNCC1CCCN1C(=O)c1cc(-c2cc(C)sc2C)nc2onc(C)c12.Cl. The molecule has 0 bridgehead atoms. The number of likely N-dealkylation sites (tertiary alicyclic amines) is 1. The average Bonchev–Trinajstić information content (AvgIpc) is 3.33. The molecule has 0 saturated carbocycles. The molecule has 6 nitrogen and oxygen atoms in total. The molecule has 0 aliphatic carbocycles. The number of amides is 1. The summed E-state index contributed by atoms with van der Waals surface area (Å²) >= 11 is 1.73. The van der Waals surface area contributed by atoms with Crippen molar-refractivity contribution >= 4 is 40.8 Å². The Morgan fingerprint density at radius 3 is 2.82 bits per heavy atom. The number of fused-ring (bicyclic) bond motifs is 1. The molecule has 1 N–H and O–H groups in total. The fraction of sp³-hybridized carbons (Fsp3) is 0.450. The number of rotatable bonds is 4. The van der Waals surface area contributed by atoms with Crippen molar-refractivity contribution < 1.29 is 9.32 Å². The van der Waals surface area contributed by atoms with E-state index in [0.717, 1.165) is 42.6 Å². The van der Waals surface area contributed by atoms with Crippen LogP contribution in [0.15, 0.2) is 16.7 Å². The fourth-order valence-corrected chi connectivity index (χ4v) is 4.93. The number of pyridine rings is 1. The number of thiophene rings is 1. The number of likely N-dealkylation sites (N-methyl/N-ethyl adjacent to an activating group) is 1. The van der Waals surface area contributed by atoms with Crippen molar-refractivity contribution in [2.24, 2.45) is 0 Å². The monoisotopic (exact) mass is 420 g/mol. The molecule has 1 fully saturated rings. The number of nitrogens with zero attached hydrogens (tertiary/aromatic N) is 3. The van der Waals surface area contributed by atoms with Gasteiger partial charge in [0.25, 0.3) is 11.6 Å². The summed E-state index contributed by atoms with van der Waals surface area (Å²) < 4.78 is 5.44. The molecule has 28 heavy (non-hydrogen) atoms. The normalized spacial score (nSPS) is 16.6. The second kappa shape index (κ2) is 8.19. The lowest BCUT2D eigenvalue weighted by atomic mass is 10.0. The maximum Gasteiger partial charge on any atom is 0.259 e. The molecule has 4 rings (SSSR count). The van der Waals surface area contributed by atoms with E-state index in [-0.39, 0.29) is 24.4 Å². The van der Waals surface area contributed by atoms with Crippen LogP contribution in [0.4, 0.5) is 0 Å². The van der Waals surface area contributed by atoms with Crippen LogP contribution in [0.5, 0.6) is 0 Å². The van der Waals surface area contributed by atoms with Crippen molar-refractivity contribution in [1.82, 2.24) is 20.4 Å². The molecule has 1 amide bonds. The summed E-state index contributed by atoms with van der Waals surface area (Å²) in [5.41, 5.74) is 3.60. The van der Waals surface area contributed by atoms with Crippen molar-refractivity contribution in [2.75, 3.05) is 20.1 Å². The summed E-state index contributed by atoms with van der Waals surface area (Å²) in [5.74, 6) is 0.0392. The molecule has 1 aliphatic rings. The first kappa shape index (κ1) is 20.8. The van der Waals surface area contributed by atoms with Gasteiger partial charge in [0.05, 0.1) is 22.3 Å². The number of carbonyl (C=O) groups is 1. The van der Waals surface area contributed by atoms with E-state index >= 15 is 0 Å². The average molecular weight is 421 g/mol. The third-order valence-corrected chi connectivity index (χ3v) is 6.21. The maximum atomic E-state index is 13.5. The van der Waals surface area contributed by atoms with E-state index in [2.05, 4.69) is 35.4 Å². The number of halogens is 1. The van der Waals surface area contributed by atoms with Crippen LogP contribution in [0.3, 0.4) is 0 Å². The zero-order valence-corrected chi connectivity index (χ0v) is 18.2. The molecule has 0 spiro atoms. The van der Waals surface area contributed by atoms with Crippen LogP contribution in [-0.4, -0.2) is 47.1 Å². The summed E-state index contributed by atoms with van der Waals surface area (Å²) in [7, 11) is 1.93. The van der Waals surface area contributed by atoms with Gasteiger partial charge >= 0.3 is 0 Å². The molecule has 8 heteroatoms. The van der Waals surface area contributed by atoms with Crippen LogP contribution in [0, 0.1) is 20.8 Å². The van der Waals surface area contributed by atoms with Crippen molar-refractivity contribution in [1.29, 1.82) is 0 Å². The Hall–Kier alpha value is -1.96. The molecule has 1 aliphatic heterocycles. The number of aromatic nitrogens is 2. The van der Waals surface area contributed by atoms with E-state index in [0.29, 0.717) is 17.0 Å². The van der Waals surface area contributed by atoms with E-state index in [9.17, 15) is 4.79 Å². The van der Waals surface area contributed by atoms with Crippen molar-refractivity contribution in [2.45, 2.75) is 39.7 Å². The van der Waals surface area contributed by atoms with E-state index in [1.165, 1.54) is 9.75 Å². The Bertz CT molecular complexity index is 1010. The van der Waals surface area contributed by atoms with Crippen molar-refractivity contribution in [3.63, 3.8) is 0 Å². The Kier molecular flexibility index (Phi) is 6.07. The Labute approximate surface area is 174 Å². The summed E-state index contributed by atoms with van der Waals surface area (Å²) in [6, 6.07) is 4.25. The molecule has 3 aromatic heterocycles. The molecule has 1 atom stereocenters. The quantitative estimate of drug-likeness (QED) is 0.687. The maximum absolute atomic E-state index is 13.5. The minimum atomic E-state index is 0. The molecule has 4 heterocycles. The zero-order valence-electron chi connectivity index (χ0n) is 16.5. The highest BCUT2D eigenvalue weighted by Gasteiger charge is 2.31. The van der Waals surface area contributed by atoms with Gasteiger partial charge in [-0.25, -0.2) is 4.98 Å². The van der Waals surface area contributed by atoms with Gasteiger partial charge in [-0.3, -0.25) is 4.79 Å². The molecule has 150 valence electrons. The lowest BCUT2D eigenvalue weighted by Crippen LogP contribution is -2.41. The van der Waals surface area contributed by atoms with Gasteiger partial charge in [0.1, 0.15) is 0 Å². The highest BCUT2D eigenvalue weighted by molar-refractivity contribution is 7.12. The first-order valence-corrected chi connectivity index (χ1v) is 10.1. The van der Waals surface area contributed by atoms with Crippen molar-refractivity contribution in [3.8, 4) is 11.3 Å². The van der Waals surface area contributed by atoms with Crippen LogP contribution in [0.25, 0.3) is 22.4 Å². The molecule has 0 radical (unpaired) electrons. The first-order chi connectivity index (χ1) is 13.0. The summed E-state index contributed by atoms with van der Waals surface area (Å²) in [4.78, 5) is 22.5. The Balaban J connectivity index is 0.00000225. The zero-order chi connectivity index (χ0) is 19.1. The largest absolute Gasteiger partial charge is 0.335 e. The molecular weight excluding hydrogens is 396 g/mol. The Morgan fingerprint density at radius 2 is 2.14 bits per heavy atom. The number of hydrogen-bond acceptors (Lipinski definition) is 6. The van der Waals surface area contributed by atoms with Crippen LogP contribution >= 0.6 is 23.7 Å². The second-order valence-corrected chi connectivity index (χ2v) is 8.64. The molecule has 1 unspecified atom stereocenters. The van der Waals surface area contributed by atoms with Gasteiger partial charge in [-0.1, -0.05) is 5.16 Å². The smallest absolute Gasteiger partial charge is 0.259 e. The summed E-state index contributed by atoms with van der Waals surface area (Å²) in [6.45, 7) is 7.61. The first-order valence-electron chi connectivity index (χ1n) is 9.29. The topological polar surface area (TPSA) is 71.3 Å². The molecule has 3 aromatic rings. The third-order valence-electron chi connectivity index (χ3n) is 5.24. The second-order valence-electron chi connectivity index (χ2n) is 7.18. The van der Waals surface area contributed by atoms with Gasteiger partial charge in [0.2, 0.25) is 0 Å². The van der Waals surface area contributed by atoms with Crippen LogP contribution < -0.4 is 5.32 Å². The molecule has 1 saturated heterocycles. The lowest BCUT2D eigenvalue weighted by Gasteiger charge is -2.25. The van der Waals surface area contributed by atoms with Gasteiger partial charge < -0.3 is 14.7 Å². The highest BCUT2D eigenvalue weighted by atomic mass is 35.5. The predicted octanol–water partition coefficient (Wildman–Crippen LogP) is 4.12.